The van der Waals surface area contributed by atoms with Gasteiger partial charge in [0.1, 0.15) is 11.9 Å². The average Bonchev–Trinajstić information content (AvgIpc) is 3.23. The maximum Gasteiger partial charge on any atom is 0.239 e. The lowest BCUT2D eigenvalue weighted by molar-refractivity contribution is -0.117. The molecule has 0 radical (unpaired) electrons. The van der Waals surface area contributed by atoms with Crippen molar-refractivity contribution < 1.29 is 4.79 Å². The Morgan fingerprint density at radius 3 is 2.31 bits per heavy atom. The molecule has 0 bridgehead atoms. The molecule has 5 rings (SSSR count). The monoisotopic (exact) mass is 479 g/mol. The van der Waals surface area contributed by atoms with Crippen LogP contribution in [0, 0.1) is 11.3 Å². The van der Waals surface area contributed by atoms with E-state index in [4.69, 9.17) is 0 Å². The first-order valence-corrected chi connectivity index (χ1v) is 12.9. The Balaban J connectivity index is 1.22. The third-order valence-corrected chi connectivity index (χ3v) is 7.16. The van der Waals surface area contributed by atoms with Crippen LogP contribution in [0.2, 0.25) is 0 Å². The summed E-state index contributed by atoms with van der Waals surface area (Å²) in [6.45, 7) is 4.83. The summed E-state index contributed by atoms with van der Waals surface area (Å²) in [4.78, 5) is 17.8. The SMILES string of the molecule is N#Cc1c2c(n(-c3ccccc3)c1NC(=O)CN1CCN(C/C=C/c3ccccc3)CC1)CCCC2. The second-order valence-corrected chi connectivity index (χ2v) is 9.58. The van der Waals surface area contributed by atoms with Gasteiger partial charge >= 0.3 is 0 Å². The zero-order valence-electron chi connectivity index (χ0n) is 20.7. The standard InChI is InChI=1S/C30H33N5O/c31-22-27-26-15-7-8-16-28(26)35(25-13-5-2-6-14-25)30(27)32-29(36)23-34-20-18-33(19-21-34)17-9-12-24-10-3-1-4-11-24/h1-6,9-14H,7-8,15-21,23H2,(H,32,36)/b12-9+. The normalized spacial score (nSPS) is 16.5. The van der Waals surface area contributed by atoms with Crippen molar-refractivity contribution in [2.45, 2.75) is 25.7 Å². The predicted octanol–water partition coefficient (Wildman–Crippen LogP) is 4.50. The number of aromatic nitrogens is 1. The van der Waals surface area contributed by atoms with Crippen LogP contribution in [0.1, 0.15) is 35.2 Å². The summed E-state index contributed by atoms with van der Waals surface area (Å²) < 4.78 is 2.10. The van der Waals surface area contributed by atoms with Gasteiger partial charge in [-0.05, 0) is 48.9 Å². The van der Waals surface area contributed by atoms with Crippen LogP contribution in [0.5, 0.6) is 0 Å². The molecule has 1 N–H and O–H groups in total. The van der Waals surface area contributed by atoms with Crippen molar-refractivity contribution in [3.05, 3.63) is 89.1 Å². The van der Waals surface area contributed by atoms with Crippen LogP contribution in [0.3, 0.4) is 0 Å². The number of para-hydroxylation sites is 1. The molecule has 1 saturated heterocycles. The van der Waals surface area contributed by atoms with Gasteiger partial charge in [0, 0.05) is 44.1 Å². The molecule has 1 aliphatic carbocycles. The van der Waals surface area contributed by atoms with Gasteiger partial charge in [-0.25, -0.2) is 0 Å². The Morgan fingerprint density at radius 1 is 0.917 bits per heavy atom. The van der Waals surface area contributed by atoms with E-state index >= 15 is 0 Å². The number of carbonyl (C=O) groups is 1. The van der Waals surface area contributed by atoms with Gasteiger partial charge in [0.15, 0.2) is 0 Å². The highest BCUT2D eigenvalue weighted by atomic mass is 16.2. The number of carbonyl (C=O) groups excluding carboxylic acids is 1. The zero-order chi connectivity index (χ0) is 24.7. The minimum Gasteiger partial charge on any atom is -0.310 e. The predicted molar refractivity (Wildman–Crippen MR) is 144 cm³/mol. The third kappa shape index (κ3) is 5.43. The Kier molecular flexibility index (Phi) is 7.61. The van der Waals surface area contributed by atoms with E-state index in [1.807, 2.05) is 36.4 Å². The van der Waals surface area contributed by atoms with Crippen LogP contribution in [-0.4, -0.2) is 59.5 Å². The van der Waals surface area contributed by atoms with Crippen LogP contribution < -0.4 is 5.32 Å². The summed E-state index contributed by atoms with van der Waals surface area (Å²) in [7, 11) is 0. The second kappa shape index (κ2) is 11.4. The Hall–Kier alpha value is -3.66. The number of rotatable bonds is 7. The highest BCUT2D eigenvalue weighted by molar-refractivity contribution is 5.93. The van der Waals surface area contributed by atoms with Gasteiger partial charge in [0.25, 0.3) is 0 Å². The maximum atomic E-state index is 13.2. The van der Waals surface area contributed by atoms with Crippen LogP contribution >= 0.6 is 0 Å². The molecule has 1 aromatic heterocycles. The molecule has 184 valence electrons. The highest BCUT2D eigenvalue weighted by Crippen LogP contribution is 2.35. The van der Waals surface area contributed by atoms with E-state index in [2.05, 4.69) is 62.2 Å². The van der Waals surface area contributed by atoms with Crippen molar-refractivity contribution in [1.82, 2.24) is 14.4 Å². The third-order valence-electron chi connectivity index (χ3n) is 7.16. The number of amides is 1. The molecule has 6 heteroatoms. The van der Waals surface area contributed by atoms with Gasteiger partial charge in [-0.2, -0.15) is 5.26 Å². The van der Waals surface area contributed by atoms with Crippen molar-refractivity contribution in [2.75, 3.05) is 44.6 Å². The zero-order valence-corrected chi connectivity index (χ0v) is 20.7. The van der Waals surface area contributed by atoms with E-state index < -0.39 is 0 Å². The first kappa shape index (κ1) is 24.1. The first-order valence-electron chi connectivity index (χ1n) is 12.9. The lowest BCUT2D eigenvalue weighted by Crippen LogP contribution is -2.48. The molecular weight excluding hydrogens is 446 g/mol. The molecule has 3 aromatic rings. The fourth-order valence-electron chi connectivity index (χ4n) is 5.30. The van der Waals surface area contributed by atoms with Crippen LogP contribution in [-0.2, 0) is 17.6 Å². The van der Waals surface area contributed by atoms with E-state index in [0.29, 0.717) is 17.9 Å². The molecule has 0 saturated carbocycles. The fraction of sp³-hybridized carbons (Fsp3) is 0.333. The number of nitrogens with zero attached hydrogens (tertiary/aromatic N) is 4. The smallest absolute Gasteiger partial charge is 0.239 e. The summed E-state index contributed by atoms with van der Waals surface area (Å²) in [6.07, 6.45) is 8.37. The summed E-state index contributed by atoms with van der Waals surface area (Å²) in [6, 6.07) is 22.8. The van der Waals surface area contributed by atoms with E-state index in [-0.39, 0.29) is 5.91 Å². The number of anilines is 1. The molecule has 1 amide bonds. The maximum absolute atomic E-state index is 13.2. The Morgan fingerprint density at radius 2 is 1.58 bits per heavy atom. The summed E-state index contributed by atoms with van der Waals surface area (Å²) in [5.74, 6) is 0.571. The minimum atomic E-state index is -0.0593. The van der Waals surface area contributed by atoms with Crippen molar-refractivity contribution in [2.24, 2.45) is 0 Å². The molecule has 2 heterocycles. The van der Waals surface area contributed by atoms with Gasteiger partial charge in [-0.15, -0.1) is 0 Å². The number of benzene rings is 2. The Bertz CT molecular complexity index is 1250. The van der Waals surface area contributed by atoms with E-state index in [0.717, 1.165) is 75.4 Å². The van der Waals surface area contributed by atoms with Crippen LogP contribution in [0.25, 0.3) is 11.8 Å². The van der Waals surface area contributed by atoms with E-state index in [1.54, 1.807) is 0 Å². The van der Waals surface area contributed by atoms with E-state index in [1.165, 1.54) is 5.56 Å². The van der Waals surface area contributed by atoms with Crippen molar-refractivity contribution in [3.8, 4) is 11.8 Å². The quantitative estimate of drug-likeness (QED) is 0.542. The average molecular weight is 480 g/mol. The molecule has 1 aliphatic heterocycles. The lowest BCUT2D eigenvalue weighted by atomic mass is 9.95. The molecule has 2 aliphatic rings. The van der Waals surface area contributed by atoms with Crippen LogP contribution in [0.15, 0.2) is 66.7 Å². The molecular formula is C30H33N5O. The first-order chi connectivity index (χ1) is 17.7. The topological polar surface area (TPSA) is 64.3 Å². The van der Waals surface area contributed by atoms with Gasteiger partial charge in [-0.3, -0.25) is 19.2 Å². The van der Waals surface area contributed by atoms with Gasteiger partial charge in [0.05, 0.1) is 12.1 Å². The van der Waals surface area contributed by atoms with Gasteiger partial charge in [0.2, 0.25) is 5.91 Å². The largest absolute Gasteiger partial charge is 0.310 e. The summed E-state index contributed by atoms with van der Waals surface area (Å²) in [5.41, 5.74) is 5.09. The molecule has 1 fully saturated rings. The number of hydrogen-bond acceptors (Lipinski definition) is 4. The minimum absolute atomic E-state index is 0.0593. The van der Waals surface area contributed by atoms with Crippen LogP contribution in [0.4, 0.5) is 5.82 Å². The van der Waals surface area contributed by atoms with E-state index in [9.17, 15) is 10.1 Å². The summed E-state index contributed by atoms with van der Waals surface area (Å²) in [5, 5.41) is 13.1. The lowest BCUT2D eigenvalue weighted by Gasteiger charge is -2.33. The van der Waals surface area contributed by atoms with Crippen molar-refractivity contribution in [3.63, 3.8) is 0 Å². The Labute approximate surface area is 213 Å². The molecule has 36 heavy (non-hydrogen) atoms. The molecule has 0 atom stereocenters. The highest BCUT2D eigenvalue weighted by Gasteiger charge is 2.27. The number of hydrogen-bond donors (Lipinski definition) is 1. The van der Waals surface area contributed by atoms with Crippen molar-refractivity contribution in [1.29, 1.82) is 5.26 Å². The summed E-state index contributed by atoms with van der Waals surface area (Å²) >= 11 is 0. The fourth-order valence-corrected chi connectivity index (χ4v) is 5.30. The van der Waals surface area contributed by atoms with Gasteiger partial charge in [-0.1, -0.05) is 60.7 Å². The molecule has 6 nitrogen and oxygen atoms in total. The molecule has 0 spiro atoms. The van der Waals surface area contributed by atoms with Crippen molar-refractivity contribution >= 4 is 17.8 Å². The number of fused-ring (bicyclic) bond motifs is 1. The number of nitrogens with one attached hydrogen (secondary N) is 1. The number of piperazine rings is 1. The second-order valence-electron chi connectivity index (χ2n) is 9.58. The number of nitriles is 1. The molecule has 2 aromatic carbocycles. The van der Waals surface area contributed by atoms with Gasteiger partial charge < -0.3 is 5.32 Å². The molecule has 0 unspecified atom stereocenters.